The number of sulfone groups is 1. The molecule has 0 bridgehead atoms. The fourth-order valence-corrected chi connectivity index (χ4v) is 6.22. The van der Waals surface area contributed by atoms with Crippen molar-refractivity contribution in [3.63, 3.8) is 0 Å². The number of nitrogens with one attached hydrogen (secondary N) is 1. The Labute approximate surface area is 222 Å². The topological polar surface area (TPSA) is 93.9 Å². The first-order valence-electron chi connectivity index (χ1n) is 12.1. The second-order valence-corrected chi connectivity index (χ2v) is 12.0. The molecule has 37 heavy (non-hydrogen) atoms. The van der Waals surface area contributed by atoms with Crippen LogP contribution in [-0.2, 0) is 20.4 Å². The monoisotopic (exact) mass is 534 g/mol. The highest BCUT2D eigenvalue weighted by Gasteiger charge is 2.26. The Hall–Kier alpha value is -3.43. The third-order valence-corrected chi connectivity index (χ3v) is 8.82. The van der Waals surface area contributed by atoms with E-state index in [9.17, 15) is 13.2 Å². The van der Waals surface area contributed by atoms with E-state index < -0.39 is 15.1 Å². The van der Waals surface area contributed by atoms with E-state index in [1.807, 2.05) is 61.5 Å². The number of thioether (sulfide) groups is 1. The molecule has 0 aliphatic heterocycles. The van der Waals surface area contributed by atoms with E-state index >= 15 is 0 Å². The maximum Gasteiger partial charge on any atom is 0.237 e. The number of aromatic nitrogens is 3. The summed E-state index contributed by atoms with van der Waals surface area (Å²) >= 11 is 1.28. The van der Waals surface area contributed by atoms with E-state index in [0.717, 1.165) is 16.9 Å². The van der Waals surface area contributed by atoms with Crippen LogP contribution in [0.5, 0.6) is 0 Å². The largest absolute Gasteiger partial charge is 0.325 e. The maximum atomic E-state index is 13.3. The molecule has 1 heterocycles. The highest BCUT2D eigenvalue weighted by Crippen LogP contribution is 2.31. The van der Waals surface area contributed by atoms with Crippen molar-refractivity contribution in [3.8, 4) is 5.69 Å². The maximum absolute atomic E-state index is 13.3. The first-order chi connectivity index (χ1) is 17.8. The number of anilines is 1. The summed E-state index contributed by atoms with van der Waals surface area (Å²) < 4.78 is 28.0. The smallest absolute Gasteiger partial charge is 0.237 e. The Kier molecular flexibility index (Phi) is 8.45. The summed E-state index contributed by atoms with van der Waals surface area (Å²) in [6, 6.07) is 25.4. The van der Waals surface area contributed by atoms with Gasteiger partial charge in [-0.05, 0) is 48.2 Å². The summed E-state index contributed by atoms with van der Waals surface area (Å²) in [4.78, 5) is 13.5. The molecule has 4 aromatic rings. The first kappa shape index (κ1) is 26.6. The SMILES string of the molecule is CCC(Sc1nnc(CS(=O)(=O)c2ccccc2)n1-c1ccccc1)C(=O)Nc1ccccc1C(C)C. The lowest BCUT2D eigenvalue weighted by molar-refractivity contribution is -0.115. The van der Waals surface area contributed by atoms with Gasteiger partial charge in [0.05, 0.1) is 10.1 Å². The van der Waals surface area contributed by atoms with Crippen molar-refractivity contribution in [3.05, 3.63) is 96.3 Å². The molecule has 0 aliphatic carbocycles. The number of hydrogen-bond acceptors (Lipinski definition) is 6. The normalized spacial score (nSPS) is 12.4. The van der Waals surface area contributed by atoms with Gasteiger partial charge in [0.1, 0.15) is 5.75 Å². The number of para-hydroxylation sites is 2. The van der Waals surface area contributed by atoms with Crippen molar-refractivity contribution in [1.29, 1.82) is 0 Å². The number of carbonyl (C=O) groups excluding carboxylic acids is 1. The Morgan fingerprint density at radius 1 is 0.919 bits per heavy atom. The van der Waals surface area contributed by atoms with Crippen molar-refractivity contribution in [2.24, 2.45) is 0 Å². The number of nitrogens with zero attached hydrogens (tertiary/aromatic N) is 3. The molecule has 0 aliphatic rings. The molecule has 1 N–H and O–H groups in total. The number of carbonyl (C=O) groups is 1. The Balaban J connectivity index is 1.64. The van der Waals surface area contributed by atoms with Gasteiger partial charge in [-0.25, -0.2) is 8.42 Å². The third-order valence-electron chi connectivity index (χ3n) is 5.89. The molecular formula is C28H30N4O3S2. The minimum Gasteiger partial charge on any atom is -0.325 e. The van der Waals surface area contributed by atoms with Gasteiger partial charge in [-0.15, -0.1) is 10.2 Å². The fraction of sp³-hybridized carbons (Fsp3) is 0.250. The van der Waals surface area contributed by atoms with Gasteiger partial charge < -0.3 is 5.32 Å². The molecule has 0 fully saturated rings. The van der Waals surface area contributed by atoms with E-state index in [4.69, 9.17) is 0 Å². The fourth-order valence-electron chi connectivity index (χ4n) is 3.96. The quantitative estimate of drug-likeness (QED) is 0.256. The van der Waals surface area contributed by atoms with Gasteiger partial charge in [-0.1, -0.05) is 87.1 Å². The third kappa shape index (κ3) is 6.29. The van der Waals surface area contributed by atoms with Crippen molar-refractivity contribution < 1.29 is 13.2 Å². The van der Waals surface area contributed by atoms with E-state index in [-0.39, 0.29) is 28.3 Å². The van der Waals surface area contributed by atoms with Crippen LogP contribution in [0.4, 0.5) is 5.69 Å². The summed E-state index contributed by atoms with van der Waals surface area (Å²) in [5, 5.41) is 11.7. The minimum absolute atomic E-state index is 0.137. The molecule has 1 unspecified atom stereocenters. The van der Waals surface area contributed by atoms with Gasteiger partial charge in [0.2, 0.25) is 5.91 Å². The van der Waals surface area contributed by atoms with Gasteiger partial charge in [-0.2, -0.15) is 0 Å². The molecule has 7 nitrogen and oxygen atoms in total. The van der Waals surface area contributed by atoms with Gasteiger partial charge in [0, 0.05) is 11.4 Å². The molecule has 1 atom stereocenters. The zero-order valence-electron chi connectivity index (χ0n) is 21.0. The van der Waals surface area contributed by atoms with E-state index in [1.54, 1.807) is 34.9 Å². The van der Waals surface area contributed by atoms with Crippen LogP contribution in [0.25, 0.3) is 5.69 Å². The van der Waals surface area contributed by atoms with Crippen molar-refractivity contribution in [1.82, 2.24) is 14.8 Å². The van der Waals surface area contributed by atoms with Crippen LogP contribution in [0.1, 0.15) is 44.5 Å². The Bertz CT molecular complexity index is 1450. The standard InChI is InChI=1S/C28H30N4O3S2/c1-4-25(27(33)29-24-18-12-11-17-23(24)20(2)3)36-28-31-30-26(32(28)21-13-7-5-8-14-21)19-37(34,35)22-15-9-6-10-16-22/h5-18,20,25H,4,19H2,1-3H3,(H,29,33). The zero-order chi connectivity index (χ0) is 26.4. The molecule has 3 aromatic carbocycles. The molecule has 1 amide bonds. The molecule has 0 spiro atoms. The van der Waals surface area contributed by atoms with Crippen LogP contribution in [0, 0.1) is 0 Å². The Morgan fingerprint density at radius 3 is 2.19 bits per heavy atom. The van der Waals surface area contributed by atoms with Crippen molar-refractivity contribution in [2.45, 2.75) is 54.2 Å². The van der Waals surface area contributed by atoms with Crippen LogP contribution in [0.3, 0.4) is 0 Å². The first-order valence-corrected chi connectivity index (χ1v) is 14.7. The van der Waals surface area contributed by atoms with Crippen LogP contribution < -0.4 is 5.32 Å². The van der Waals surface area contributed by atoms with Gasteiger partial charge in [0.25, 0.3) is 0 Å². The van der Waals surface area contributed by atoms with Gasteiger partial charge in [-0.3, -0.25) is 9.36 Å². The van der Waals surface area contributed by atoms with Crippen LogP contribution in [0.2, 0.25) is 0 Å². The second-order valence-electron chi connectivity index (χ2n) is 8.89. The second kappa shape index (κ2) is 11.7. The number of benzene rings is 3. The highest BCUT2D eigenvalue weighted by atomic mass is 32.2. The molecule has 0 radical (unpaired) electrons. The Morgan fingerprint density at radius 2 is 1.54 bits per heavy atom. The van der Waals surface area contributed by atoms with E-state index in [1.165, 1.54) is 11.8 Å². The summed E-state index contributed by atoms with van der Waals surface area (Å²) in [5.41, 5.74) is 2.59. The predicted molar refractivity (Wildman–Crippen MR) is 148 cm³/mol. The number of hydrogen-bond donors (Lipinski definition) is 1. The summed E-state index contributed by atoms with van der Waals surface area (Å²) in [6.45, 7) is 6.12. The average molecular weight is 535 g/mol. The number of amides is 1. The molecule has 0 saturated heterocycles. The van der Waals surface area contributed by atoms with Gasteiger partial charge >= 0.3 is 0 Å². The minimum atomic E-state index is -3.65. The summed E-state index contributed by atoms with van der Waals surface area (Å²) in [6.07, 6.45) is 0.555. The summed E-state index contributed by atoms with van der Waals surface area (Å²) in [7, 11) is -3.65. The van der Waals surface area contributed by atoms with E-state index in [0.29, 0.717) is 11.6 Å². The van der Waals surface area contributed by atoms with E-state index in [2.05, 4.69) is 29.4 Å². The lowest BCUT2D eigenvalue weighted by Gasteiger charge is -2.18. The molecule has 0 saturated carbocycles. The lowest BCUT2D eigenvalue weighted by atomic mass is 10.0. The lowest BCUT2D eigenvalue weighted by Crippen LogP contribution is -2.25. The van der Waals surface area contributed by atoms with Gasteiger partial charge in [0.15, 0.2) is 20.8 Å². The highest BCUT2D eigenvalue weighted by molar-refractivity contribution is 8.00. The molecular weight excluding hydrogens is 504 g/mol. The zero-order valence-corrected chi connectivity index (χ0v) is 22.7. The average Bonchev–Trinajstić information content (AvgIpc) is 3.29. The van der Waals surface area contributed by atoms with Crippen LogP contribution in [-0.4, -0.2) is 34.3 Å². The number of rotatable bonds is 10. The summed E-state index contributed by atoms with van der Waals surface area (Å²) in [5.74, 6) is 0.101. The van der Waals surface area contributed by atoms with Crippen molar-refractivity contribution in [2.75, 3.05) is 5.32 Å². The molecule has 192 valence electrons. The molecule has 4 rings (SSSR count). The van der Waals surface area contributed by atoms with Crippen LogP contribution >= 0.6 is 11.8 Å². The molecule has 9 heteroatoms. The van der Waals surface area contributed by atoms with Crippen LogP contribution in [0.15, 0.2) is 95.0 Å². The predicted octanol–water partition coefficient (Wildman–Crippen LogP) is 5.87. The van der Waals surface area contributed by atoms with Crippen molar-refractivity contribution >= 4 is 33.2 Å². The molecule has 1 aromatic heterocycles.